The van der Waals surface area contributed by atoms with Crippen molar-refractivity contribution in [2.45, 2.75) is 0 Å². The Morgan fingerprint density at radius 1 is 0.947 bits per heavy atom. The fraction of sp³-hybridized carbons (Fsp3) is 0. The van der Waals surface area contributed by atoms with E-state index in [1.165, 1.54) is 30.3 Å². The Labute approximate surface area is 107 Å². The summed E-state index contributed by atoms with van der Waals surface area (Å²) in [6, 6.07) is 11.5. The van der Waals surface area contributed by atoms with Gasteiger partial charge in [-0.2, -0.15) is 0 Å². The molecule has 1 N–H and O–H groups in total. The molecule has 3 aromatic rings. The predicted octanol–water partition coefficient (Wildman–Crippen LogP) is 3.47. The van der Waals surface area contributed by atoms with Gasteiger partial charge in [-0.05, 0) is 24.3 Å². The lowest BCUT2D eigenvalue weighted by molar-refractivity contribution is 0.628. The van der Waals surface area contributed by atoms with Crippen molar-refractivity contribution in [3.63, 3.8) is 0 Å². The van der Waals surface area contributed by atoms with Gasteiger partial charge in [0.05, 0.1) is 10.9 Å². The number of fused-ring (bicyclic) bond motifs is 1. The summed E-state index contributed by atoms with van der Waals surface area (Å²) in [6.45, 7) is 0. The average Bonchev–Trinajstić information content (AvgIpc) is 2.38. The number of aromatic nitrogens is 1. The van der Waals surface area contributed by atoms with Crippen molar-refractivity contribution in [3.05, 3.63) is 70.4 Å². The molecule has 0 saturated carbocycles. The third-order valence-corrected chi connectivity index (χ3v) is 2.94. The molecule has 3 rings (SSSR count). The van der Waals surface area contributed by atoms with Crippen molar-refractivity contribution in [2.24, 2.45) is 0 Å². The number of hydrogen-bond acceptors (Lipinski definition) is 1. The molecule has 0 aliphatic carbocycles. The van der Waals surface area contributed by atoms with Crippen LogP contribution in [-0.4, -0.2) is 4.98 Å². The summed E-state index contributed by atoms with van der Waals surface area (Å²) in [7, 11) is 0. The standard InChI is InChI=1S/C15H9F2NO/c16-10-4-1-3-9(7-10)13-8-14(19)15-11(17)5-2-6-12(15)18-13/h1-8H,(H,18,19). The molecule has 1 aromatic heterocycles. The SMILES string of the molecule is O=c1cc(-c2cccc(F)c2)[nH]c2cccc(F)c12. The minimum absolute atomic E-state index is 0.0163. The molecule has 0 radical (unpaired) electrons. The molecule has 1 heterocycles. The average molecular weight is 257 g/mol. The van der Waals surface area contributed by atoms with Crippen LogP contribution in [0.1, 0.15) is 0 Å². The third-order valence-electron chi connectivity index (χ3n) is 2.94. The number of aromatic amines is 1. The van der Waals surface area contributed by atoms with Gasteiger partial charge in [-0.1, -0.05) is 18.2 Å². The molecular formula is C15H9F2NO. The van der Waals surface area contributed by atoms with Crippen LogP contribution in [0.25, 0.3) is 22.2 Å². The molecule has 2 aromatic carbocycles. The summed E-state index contributed by atoms with van der Waals surface area (Å²) in [5.74, 6) is -0.956. The van der Waals surface area contributed by atoms with Gasteiger partial charge in [0, 0.05) is 17.3 Å². The van der Waals surface area contributed by atoms with E-state index >= 15 is 0 Å². The highest BCUT2D eigenvalue weighted by Gasteiger charge is 2.08. The van der Waals surface area contributed by atoms with Gasteiger partial charge >= 0.3 is 0 Å². The molecule has 4 heteroatoms. The number of halogens is 2. The fourth-order valence-electron chi connectivity index (χ4n) is 2.07. The first kappa shape index (κ1) is 11.6. The van der Waals surface area contributed by atoms with Crippen LogP contribution in [0.4, 0.5) is 8.78 Å². The van der Waals surface area contributed by atoms with E-state index in [-0.39, 0.29) is 5.39 Å². The molecular weight excluding hydrogens is 248 g/mol. The first-order chi connectivity index (χ1) is 9.15. The minimum atomic E-state index is -0.565. The Morgan fingerprint density at radius 3 is 2.53 bits per heavy atom. The number of hydrogen-bond donors (Lipinski definition) is 1. The largest absolute Gasteiger partial charge is 0.354 e. The Morgan fingerprint density at radius 2 is 1.74 bits per heavy atom. The second-order valence-corrected chi connectivity index (χ2v) is 4.22. The molecule has 0 amide bonds. The maximum atomic E-state index is 13.6. The molecule has 0 saturated heterocycles. The summed E-state index contributed by atoms with van der Waals surface area (Å²) < 4.78 is 26.7. The number of H-pyrrole nitrogens is 1. The highest BCUT2D eigenvalue weighted by atomic mass is 19.1. The summed E-state index contributed by atoms with van der Waals surface area (Å²) in [4.78, 5) is 14.9. The van der Waals surface area contributed by atoms with Crippen LogP contribution in [0.15, 0.2) is 53.3 Å². The number of nitrogens with one attached hydrogen (secondary N) is 1. The zero-order chi connectivity index (χ0) is 13.4. The van der Waals surface area contributed by atoms with Crippen molar-refractivity contribution in [1.29, 1.82) is 0 Å². The van der Waals surface area contributed by atoms with E-state index < -0.39 is 17.1 Å². The maximum Gasteiger partial charge on any atom is 0.192 e. The van der Waals surface area contributed by atoms with Crippen LogP contribution in [0, 0.1) is 11.6 Å². The number of benzene rings is 2. The molecule has 2 nitrogen and oxygen atoms in total. The summed E-state index contributed by atoms with van der Waals surface area (Å²) in [5, 5.41) is 0.0163. The van der Waals surface area contributed by atoms with Crippen molar-refractivity contribution >= 4 is 10.9 Å². The lowest BCUT2D eigenvalue weighted by Crippen LogP contribution is -2.05. The summed E-state index contributed by atoms with van der Waals surface area (Å²) in [5.41, 5.74) is 0.976. The van der Waals surface area contributed by atoms with E-state index in [4.69, 9.17) is 0 Å². The zero-order valence-corrected chi connectivity index (χ0v) is 9.78. The van der Waals surface area contributed by atoms with E-state index in [1.54, 1.807) is 18.2 Å². The van der Waals surface area contributed by atoms with E-state index in [9.17, 15) is 13.6 Å². The van der Waals surface area contributed by atoms with Crippen LogP contribution in [0.2, 0.25) is 0 Å². The first-order valence-corrected chi connectivity index (χ1v) is 5.72. The normalized spacial score (nSPS) is 10.8. The molecule has 0 fully saturated rings. The molecule has 0 bridgehead atoms. The van der Waals surface area contributed by atoms with Gasteiger partial charge in [0.15, 0.2) is 5.43 Å². The Hall–Kier alpha value is -2.49. The molecule has 19 heavy (non-hydrogen) atoms. The number of rotatable bonds is 1. The molecule has 94 valence electrons. The predicted molar refractivity (Wildman–Crippen MR) is 69.9 cm³/mol. The smallest absolute Gasteiger partial charge is 0.192 e. The lowest BCUT2D eigenvalue weighted by atomic mass is 10.1. The van der Waals surface area contributed by atoms with Gasteiger partial charge < -0.3 is 4.98 Å². The highest BCUT2D eigenvalue weighted by molar-refractivity contribution is 5.81. The minimum Gasteiger partial charge on any atom is -0.354 e. The van der Waals surface area contributed by atoms with Crippen LogP contribution in [0.3, 0.4) is 0 Å². The fourth-order valence-corrected chi connectivity index (χ4v) is 2.07. The summed E-state index contributed by atoms with van der Waals surface area (Å²) in [6.07, 6.45) is 0. The molecule has 0 aliphatic heterocycles. The zero-order valence-electron chi connectivity index (χ0n) is 9.78. The van der Waals surface area contributed by atoms with Gasteiger partial charge in [-0.25, -0.2) is 8.78 Å². The van der Waals surface area contributed by atoms with Crippen LogP contribution >= 0.6 is 0 Å². The van der Waals surface area contributed by atoms with Crippen molar-refractivity contribution in [2.75, 3.05) is 0 Å². The van der Waals surface area contributed by atoms with Gasteiger partial charge in [0.25, 0.3) is 0 Å². The summed E-state index contributed by atoms with van der Waals surface area (Å²) >= 11 is 0. The van der Waals surface area contributed by atoms with Crippen molar-refractivity contribution in [1.82, 2.24) is 4.98 Å². The quantitative estimate of drug-likeness (QED) is 0.711. The topological polar surface area (TPSA) is 32.9 Å². The number of pyridine rings is 1. The van der Waals surface area contributed by atoms with E-state index in [0.29, 0.717) is 16.8 Å². The van der Waals surface area contributed by atoms with Crippen molar-refractivity contribution < 1.29 is 8.78 Å². The molecule has 0 atom stereocenters. The monoisotopic (exact) mass is 257 g/mol. The van der Waals surface area contributed by atoms with Crippen LogP contribution < -0.4 is 5.43 Å². The Balaban J connectivity index is 2.30. The molecule has 0 aliphatic rings. The van der Waals surface area contributed by atoms with Gasteiger partial charge in [-0.15, -0.1) is 0 Å². The second-order valence-electron chi connectivity index (χ2n) is 4.22. The lowest BCUT2D eigenvalue weighted by Gasteiger charge is -2.05. The Bertz CT molecular complexity index is 824. The first-order valence-electron chi connectivity index (χ1n) is 5.72. The van der Waals surface area contributed by atoms with E-state index in [0.717, 1.165) is 0 Å². The van der Waals surface area contributed by atoms with Gasteiger partial charge in [0.1, 0.15) is 11.6 Å². The highest BCUT2D eigenvalue weighted by Crippen LogP contribution is 2.20. The van der Waals surface area contributed by atoms with Crippen LogP contribution in [0.5, 0.6) is 0 Å². The molecule has 0 unspecified atom stereocenters. The maximum absolute atomic E-state index is 13.6. The third kappa shape index (κ3) is 2.01. The van der Waals surface area contributed by atoms with E-state index in [2.05, 4.69) is 4.98 Å². The van der Waals surface area contributed by atoms with E-state index in [1.807, 2.05) is 0 Å². The van der Waals surface area contributed by atoms with Crippen molar-refractivity contribution in [3.8, 4) is 11.3 Å². The van der Waals surface area contributed by atoms with Gasteiger partial charge in [0.2, 0.25) is 0 Å². The molecule has 0 spiro atoms. The Kier molecular flexibility index (Phi) is 2.63. The second kappa shape index (κ2) is 4.31. The van der Waals surface area contributed by atoms with Gasteiger partial charge in [-0.3, -0.25) is 4.79 Å². The van der Waals surface area contributed by atoms with Crippen LogP contribution in [-0.2, 0) is 0 Å².